The number of cyclic esters (lactones) is 2. The average Bonchev–Trinajstić information content (AvgIpc) is 3.26. The molecule has 0 spiro atoms. The Hall–Kier alpha value is -5.93. The second-order valence-electron chi connectivity index (χ2n) is 7.57. The summed E-state index contributed by atoms with van der Waals surface area (Å²) in [5.74, 6) is -7.06. The van der Waals surface area contributed by atoms with E-state index in [9.17, 15) is 33.6 Å². The van der Waals surface area contributed by atoms with Crippen LogP contribution in [-0.4, -0.2) is 90.7 Å². The molecule has 3 aromatic carbocycles. The Balaban J connectivity index is 0.000000297. The first kappa shape index (κ1) is 34.1. The summed E-state index contributed by atoms with van der Waals surface area (Å²) in [6, 6.07) is 13.9. The zero-order chi connectivity index (χ0) is 32.0. The lowest BCUT2D eigenvalue weighted by molar-refractivity contribution is 0.0440. The van der Waals surface area contributed by atoms with E-state index in [1.54, 1.807) is 0 Å². The maximum atomic E-state index is 11.0. The molecule has 0 aromatic heterocycles. The number of aliphatic hydroxyl groups is 2. The number of carboxylic acids is 5. The number of rotatable bonds is 6. The van der Waals surface area contributed by atoms with E-state index >= 15 is 0 Å². The highest BCUT2D eigenvalue weighted by Gasteiger charge is 2.30. The van der Waals surface area contributed by atoms with Crippen LogP contribution in [0.4, 0.5) is 0 Å². The summed E-state index contributed by atoms with van der Waals surface area (Å²) in [7, 11) is 0. The lowest BCUT2D eigenvalue weighted by atomic mass is 10.1. The van der Waals surface area contributed by atoms with Crippen LogP contribution >= 0.6 is 0 Å². The van der Waals surface area contributed by atoms with Crippen molar-refractivity contribution in [2.45, 2.75) is 0 Å². The van der Waals surface area contributed by atoms with Gasteiger partial charge in [-0.3, -0.25) is 0 Å². The minimum absolute atomic E-state index is 0.00917. The molecular weight excluding hydrogens is 564 g/mol. The van der Waals surface area contributed by atoms with E-state index in [1.165, 1.54) is 54.6 Å². The van der Waals surface area contributed by atoms with Crippen molar-refractivity contribution in [2.75, 3.05) is 13.2 Å². The number of carbonyl (C=O) groups is 7. The van der Waals surface area contributed by atoms with E-state index in [0.717, 1.165) is 12.1 Å². The van der Waals surface area contributed by atoms with Gasteiger partial charge in [0.25, 0.3) is 0 Å². The number of benzene rings is 3. The van der Waals surface area contributed by atoms with Crippen LogP contribution in [-0.2, 0) is 4.74 Å². The monoisotopic (exact) mass is 586 g/mol. The highest BCUT2D eigenvalue weighted by molar-refractivity contribution is 6.15. The van der Waals surface area contributed by atoms with Crippen molar-refractivity contribution in [2.24, 2.45) is 0 Å². The van der Waals surface area contributed by atoms with Gasteiger partial charge >= 0.3 is 41.8 Å². The van der Waals surface area contributed by atoms with E-state index in [-0.39, 0.29) is 52.2 Å². The van der Waals surface area contributed by atoms with Crippen LogP contribution in [0.2, 0.25) is 0 Å². The summed E-state index contributed by atoms with van der Waals surface area (Å²) < 4.78 is 4.30. The molecule has 0 radical (unpaired) electrons. The number of hydrogen-bond acceptors (Lipinski definition) is 10. The highest BCUT2D eigenvalue weighted by atomic mass is 16.6. The zero-order valence-electron chi connectivity index (χ0n) is 21.2. The Labute approximate surface area is 235 Å². The minimum Gasteiger partial charge on any atom is -0.478 e. The molecule has 42 heavy (non-hydrogen) atoms. The molecule has 0 saturated heterocycles. The Morgan fingerprint density at radius 1 is 0.476 bits per heavy atom. The third-order valence-corrected chi connectivity index (χ3v) is 4.73. The number of fused-ring (bicyclic) bond motifs is 1. The summed E-state index contributed by atoms with van der Waals surface area (Å²) in [6.45, 7) is -0.250. The maximum Gasteiger partial charge on any atom is 0.346 e. The quantitative estimate of drug-likeness (QED) is 0.160. The first-order chi connectivity index (χ1) is 19.7. The SMILES string of the molecule is O=C(O)c1ccc(C(=O)O)cc1.O=C(O)c1ccc2c(c1)C(=O)OC2=O.O=C(O)c1cccc(C(=O)O)c1.OCCO. The van der Waals surface area contributed by atoms with Gasteiger partial charge in [-0.15, -0.1) is 0 Å². The molecule has 15 nitrogen and oxygen atoms in total. The number of esters is 2. The summed E-state index contributed by atoms with van der Waals surface area (Å²) in [4.78, 5) is 74.0. The lowest BCUT2D eigenvalue weighted by Gasteiger charge is -1.95. The van der Waals surface area contributed by atoms with Gasteiger partial charge < -0.3 is 40.5 Å². The molecule has 220 valence electrons. The molecule has 0 bridgehead atoms. The standard InChI is InChI=1S/C9H4O5.2C8H6O4.C2H6O2/c10-7(11)4-1-2-5-6(3-4)9(13)14-8(5)12;9-7(10)5-1-2-6(4-3-5)8(11)12;9-7(10)5-2-1-3-6(4-5)8(11)12;3-1-2-4/h1-3H,(H,10,11);2*1-4H,(H,9,10)(H,11,12);3-4H,1-2H2. The number of aliphatic hydroxyl groups excluding tert-OH is 2. The van der Waals surface area contributed by atoms with Crippen LogP contribution in [0.5, 0.6) is 0 Å². The van der Waals surface area contributed by atoms with Crippen LogP contribution < -0.4 is 0 Å². The molecule has 1 heterocycles. The molecule has 0 saturated carbocycles. The Morgan fingerprint density at radius 3 is 1.17 bits per heavy atom. The highest BCUT2D eigenvalue weighted by Crippen LogP contribution is 2.21. The van der Waals surface area contributed by atoms with Crippen LogP contribution in [0.15, 0.2) is 66.7 Å². The number of carbonyl (C=O) groups excluding carboxylic acids is 2. The summed E-state index contributed by atoms with van der Waals surface area (Å²) in [6.07, 6.45) is 0. The van der Waals surface area contributed by atoms with E-state index in [4.69, 9.17) is 35.7 Å². The van der Waals surface area contributed by atoms with Gasteiger partial charge in [-0.25, -0.2) is 33.6 Å². The second kappa shape index (κ2) is 16.2. The fourth-order valence-corrected chi connectivity index (χ4v) is 2.76. The average molecular weight is 586 g/mol. The topological polar surface area (TPSA) is 270 Å². The van der Waals surface area contributed by atoms with Crippen molar-refractivity contribution in [1.82, 2.24) is 0 Å². The first-order valence-electron chi connectivity index (χ1n) is 11.2. The van der Waals surface area contributed by atoms with Gasteiger partial charge in [0.05, 0.1) is 52.2 Å². The van der Waals surface area contributed by atoms with Gasteiger partial charge in [0.2, 0.25) is 0 Å². The van der Waals surface area contributed by atoms with E-state index in [0.29, 0.717) is 0 Å². The first-order valence-corrected chi connectivity index (χ1v) is 11.2. The van der Waals surface area contributed by atoms with Crippen molar-refractivity contribution in [3.8, 4) is 0 Å². The summed E-state index contributed by atoms with van der Waals surface area (Å²) >= 11 is 0. The third-order valence-electron chi connectivity index (χ3n) is 4.73. The minimum atomic E-state index is -1.15. The molecule has 0 fully saturated rings. The fourth-order valence-electron chi connectivity index (χ4n) is 2.76. The molecule has 0 amide bonds. The maximum absolute atomic E-state index is 11.0. The predicted molar refractivity (Wildman–Crippen MR) is 138 cm³/mol. The van der Waals surface area contributed by atoms with Crippen LogP contribution in [0, 0.1) is 0 Å². The molecule has 0 atom stereocenters. The molecular formula is C27H22O15. The Morgan fingerprint density at radius 2 is 0.810 bits per heavy atom. The molecule has 0 unspecified atom stereocenters. The van der Waals surface area contributed by atoms with E-state index in [1.807, 2.05) is 0 Å². The Kier molecular flexibility index (Phi) is 13.2. The van der Waals surface area contributed by atoms with Crippen molar-refractivity contribution in [1.29, 1.82) is 0 Å². The van der Waals surface area contributed by atoms with Gasteiger partial charge in [-0.2, -0.15) is 0 Å². The van der Waals surface area contributed by atoms with Gasteiger partial charge in [0.15, 0.2) is 0 Å². The summed E-state index contributed by atoms with van der Waals surface area (Å²) in [5.41, 5.74) is 0.204. The smallest absolute Gasteiger partial charge is 0.346 e. The molecule has 1 aliphatic rings. The van der Waals surface area contributed by atoms with Crippen molar-refractivity contribution in [3.63, 3.8) is 0 Å². The van der Waals surface area contributed by atoms with Crippen molar-refractivity contribution in [3.05, 3.63) is 106 Å². The third kappa shape index (κ3) is 10.3. The molecule has 3 aromatic rings. The fraction of sp³-hybridized carbons (Fsp3) is 0.0741. The van der Waals surface area contributed by atoms with Crippen molar-refractivity contribution >= 4 is 41.8 Å². The summed E-state index contributed by atoms with van der Waals surface area (Å²) in [5, 5.41) is 57.8. The van der Waals surface area contributed by atoms with Crippen LogP contribution in [0.1, 0.15) is 72.5 Å². The second-order valence-corrected chi connectivity index (χ2v) is 7.57. The number of hydrogen-bond donors (Lipinski definition) is 7. The molecule has 7 N–H and O–H groups in total. The van der Waals surface area contributed by atoms with Gasteiger partial charge in [0, 0.05) is 0 Å². The largest absolute Gasteiger partial charge is 0.478 e. The van der Waals surface area contributed by atoms with E-state index in [2.05, 4.69) is 4.74 Å². The number of aromatic carboxylic acids is 5. The number of ether oxygens (including phenoxy) is 1. The Bertz CT molecular complexity index is 1430. The predicted octanol–water partition coefficient (Wildman–Crippen LogP) is 1.83. The zero-order valence-corrected chi connectivity index (χ0v) is 21.2. The van der Waals surface area contributed by atoms with Crippen molar-refractivity contribution < 1.29 is 74.0 Å². The molecule has 0 aliphatic carbocycles. The number of carboxylic acid groups (broad SMARTS) is 5. The van der Waals surface area contributed by atoms with Crippen LogP contribution in [0.25, 0.3) is 0 Å². The van der Waals surface area contributed by atoms with E-state index < -0.39 is 41.8 Å². The molecule has 1 aliphatic heterocycles. The normalized spacial score (nSPS) is 10.6. The van der Waals surface area contributed by atoms with Gasteiger partial charge in [-0.05, 0) is 60.7 Å². The molecule has 4 rings (SSSR count). The molecule has 15 heteroatoms. The van der Waals surface area contributed by atoms with Crippen LogP contribution in [0.3, 0.4) is 0 Å². The lowest BCUT2D eigenvalue weighted by Crippen LogP contribution is -2.01. The van der Waals surface area contributed by atoms with Gasteiger partial charge in [0.1, 0.15) is 0 Å². The van der Waals surface area contributed by atoms with Gasteiger partial charge in [-0.1, -0.05) is 6.07 Å².